The van der Waals surface area contributed by atoms with Gasteiger partial charge in [-0.25, -0.2) is 4.79 Å². The van der Waals surface area contributed by atoms with E-state index >= 15 is 0 Å². The van der Waals surface area contributed by atoms with Gasteiger partial charge in [0.05, 0.1) is 0 Å². The fourth-order valence-electron chi connectivity index (χ4n) is 4.53. The van der Waals surface area contributed by atoms with E-state index in [2.05, 4.69) is 0 Å². The number of amides is 3. The molecule has 6 nitrogen and oxygen atoms in total. The number of nitrogens with zero attached hydrogens (tertiary/aromatic N) is 3. The van der Waals surface area contributed by atoms with E-state index in [1.165, 1.54) is 0 Å². The molecule has 0 spiro atoms. The molecule has 0 aromatic heterocycles. The molecule has 0 bridgehead atoms. The van der Waals surface area contributed by atoms with Crippen LogP contribution in [-0.4, -0.2) is 54.5 Å². The van der Waals surface area contributed by atoms with Crippen molar-refractivity contribution >= 4 is 35.7 Å². The number of nitrogens with two attached hydrogens (primary N) is 1. The third-order valence-corrected chi connectivity index (χ3v) is 6.04. The van der Waals surface area contributed by atoms with Crippen LogP contribution in [0.4, 0.5) is 16.2 Å². The average molecular weight is 393 g/mol. The van der Waals surface area contributed by atoms with Crippen molar-refractivity contribution in [3.05, 3.63) is 23.8 Å². The second-order valence-electron chi connectivity index (χ2n) is 7.68. The molecule has 3 aliphatic rings. The summed E-state index contributed by atoms with van der Waals surface area (Å²) in [6.45, 7) is 3.89. The molecule has 1 aromatic rings. The van der Waals surface area contributed by atoms with Crippen LogP contribution in [-0.2, 0) is 11.2 Å². The lowest BCUT2D eigenvalue weighted by Crippen LogP contribution is -2.49. The number of fused-ring (bicyclic) bond motifs is 1. The molecule has 3 heterocycles. The first kappa shape index (κ1) is 19.8. The Bertz CT molecular complexity index is 697. The van der Waals surface area contributed by atoms with Crippen molar-refractivity contribution in [2.75, 3.05) is 43.4 Å². The van der Waals surface area contributed by atoms with E-state index in [9.17, 15) is 9.59 Å². The molecule has 0 aliphatic carbocycles. The molecular formula is C20H29ClN4O2. The lowest BCUT2D eigenvalue weighted by Gasteiger charge is -2.37. The quantitative estimate of drug-likeness (QED) is 0.747. The lowest BCUT2D eigenvalue weighted by atomic mass is 9.92. The molecule has 27 heavy (non-hydrogen) atoms. The molecule has 4 rings (SSSR count). The smallest absolute Gasteiger partial charge is 0.319 e. The summed E-state index contributed by atoms with van der Waals surface area (Å²) >= 11 is 0. The van der Waals surface area contributed by atoms with E-state index in [0.29, 0.717) is 13.1 Å². The first-order valence-corrected chi connectivity index (χ1v) is 9.88. The van der Waals surface area contributed by atoms with Gasteiger partial charge in [0, 0.05) is 50.0 Å². The van der Waals surface area contributed by atoms with Crippen LogP contribution in [0.15, 0.2) is 18.2 Å². The van der Waals surface area contributed by atoms with Gasteiger partial charge in [-0.3, -0.25) is 4.79 Å². The normalized spacial score (nSPS) is 20.2. The number of urea groups is 1. The SMILES string of the molecule is Cl.Nc1cccc2c1CCCN2C(=O)C1CCN(C(=O)N2CCCC2)CC1. The third-order valence-electron chi connectivity index (χ3n) is 6.04. The minimum Gasteiger partial charge on any atom is -0.398 e. The number of hydrogen-bond acceptors (Lipinski definition) is 3. The van der Waals surface area contributed by atoms with Crippen molar-refractivity contribution in [3.63, 3.8) is 0 Å². The molecule has 3 aliphatic heterocycles. The van der Waals surface area contributed by atoms with Crippen LogP contribution in [0.2, 0.25) is 0 Å². The van der Waals surface area contributed by atoms with Gasteiger partial charge in [-0.05, 0) is 56.2 Å². The largest absolute Gasteiger partial charge is 0.398 e. The Morgan fingerprint density at radius 2 is 1.59 bits per heavy atom. The maximum Gasteiger partial charge on any atom is 0.319 e. The van der Waals surface area contributed by atoms with E-state index < -0.39 is 0 Å². The van der Waals surface area contributed by atoms with Crippen molar-refractivity contribution < 1.29 is 9.59 Å². The summed E-state index contributed by atoms with van der Waals surface area (Å²) in [5.74, 6) is 0.204. The Morgan fingerprint density at radius 3 is 2.30 bits per heavy atom. The predicted octanol–water partition coefficient (Wildman–Crippen LogP) is 2.90. The number of carbonyl (C=O) groups is 2. The maximum atomic E-state index is 13.1. The Hall–Kier alpha value is -1.95. The first-order chi connectivity index (χ1) is 12.6. The van der Waals surface area contributed by atoms with Gasteiger partial charge in [-0.2, -0.15) is 0 Å². The lowest BCUT2D eigenvalue weighted by molar-refractivity contribution is -0.123. The average Bonchev–Trinajstić information content (AvgIpc) is 3.22. The van der Waals surface area contributed by atoms with Gasteiger partial charge in [0.2, 0.25) is 5.91 Å². The summed E-state index contributed by atoms with van der Waals surface area (Å²) in [6.07, 6.45) is 5.63. The summed E-state index contributed by atoms with van der Waals surface area (Å²) in [5.41, 5.74) is 8.98. The number of hydrogen-bond donors (Lipinski definition) is 1. The number of carbonyl (C=O) groups excluding carboxylic acids is 2. The molecule has 1 aromatic carbocycles. The molecule has 0 radical (unpaired) electrons. The van der Waals surface area contributed by atoms with Crippen LogP contribution in [0.25, 0.3) is 0 Å². The van der Waals surface area contributed by atoms with Crippen LogP contribution in [0.3, 0.4) is 0 Å². The Balaban J connectivity index is 0.00000210. The van der Waals surface area contributed by atoms with E-state index in [1.54, 1.807) is 0 Å². The van der Waals surface area contributed by atoms with E-state index in [0.717, 1.165) is 75.1 Å². The summed E-state index contributed by atoms with van der Waals surface area (Å²) < 4.78 is 0. The van der Waals surface area contributed by atoms with Gasteiger partial charge in [0.1, 0.15) is 0 Å². The molecule has 0 atom stereocenters. The van der Waals surface area contributed by atoms with Crippen LogP contribution in [0.1, 0.15) is 37.7 Å². The first-order valence-electron chi connectivity index (χ1n) is 9.88. The number of nitrogen functional groups attached to an aromatic ring is 1. The Morgan fingerprint density at radius 1 is 0.926 bits per heavy atom. The van der Waals surface area contributed by atoms with Gasteiger partial charge in [-0.1, -0.05) is 6.07 Å². The minimum absolute atomic E-state index is 0. The molecule has 0 unspecified atom stereocenters. The number of piperidine rings is 1. The second kappa shape index (κ2) is 8.38. The number of likely N-dealkylation sites (tertiary alicyclic amines) is 2. The van der Waals surface area contributed by atoms with Crippen molar-refractivity contribution in [3.8, 4) is 0 Å². The number of rotatable bonds is 1. The van der Waals surface area contributed by atoms with Gasteiger partial charge in [-0.15, -0.1) is 12.4 Å². The highest BCUT2D eigenvalue weighted by molar-refractivity contribution is 5.97. The van der Waals surface area contributed by atoms with Gasteiger partial charge >= 0.3 is 6.03 Å². The zero-order valence-corrected chi connectivity index (χ0v) is 16.5. The molecule has 2 fully saturated rings. The van der Waals surface area contributed by atoms with Crippen molar-refractivity contribution in [1.82, 2.24) is 9.80 Å². The highest BCUT2D eigenvalue weighted by atomic mass is 35.5. The molecule has 148 valence electrons. The number of anilines is 2. The standard InChI is InChI=1S/C20H28N4O2.ClH/c21-17-6-3-7-18-16(17)5-4-12-24(18)19(25)15-8-13-23(14-9-15)20(26)22-10-1-2-11-22;/h3,6-7,15H,1-2,4-5,8-14,21H2;1H. The molecule has 7 heteroatoms. The van der Waals surface area contributed by atoms with E-state index in [-0.39, 0.29) is 30.3 Å². The predicted molar refractivity (Wildman–Crippen MR) is 109 cm³/mol. The molecule has 2 N–H and O–H groups in total. The van der Waals surface area contributed by atoms with Gasteiger partial charge < -0.3 is 20.4 Å². The van der Waals surface area contributed by atoms with Crippen LogP contribution in [0, 0.1) is 5.92 Å². The summed E-state index contributed by atoms with van der Waals surface area (Å²) in [4.78, 5) is 31.5. The minimum atomic E-state index is 0. The molecule has 0 saturated carbocycles. The van der Waals surface area contributed by atoms with E-state index in [1.807, 2.05) is 32.9 Å². The van der Waals surface area contributed by atoms with Crippen molar-refractivity contribution in [2.45, 2.75) is 38.5 Å². The fourth-order valence-corrected chi connectivity index (χ4v) is 4.53. The summed E-state index contributed by atoms with van der Waals surface area (Å²) in [6, 6.07) is 6.01. The maximum absolute atomic E-state index is 13.1. The summed E-state index contributed by atoms with van der Waals surface area (Å²) in [7, 11) is 0. The fraction of sp³-hybridized carbons (Fsp3) is 0.600. The third kappa shape index (κ3) is 3.86. The second-order valence-corrected chi connectivity index (χ2v) is 7.68. The van der Waals surface area contributed by atoms with Crippen molar-refractivity contribution in [1.29, 1.82) is 0 Å². The highest BCUT2D eigenvalue weighted by Crippen LogP contribution is 2.33. The highest BCUT2D eigenvalue weighted by Gasteiger charge is 2.34. The summed E-state index contributed by atoms with van der Waals surface area (Å²) in [5, 5.41) is 0. The molecule has 3 amide bonds. The van der Waals surface area contributed by atoms with Crippen LogP contribution in [0.5, 0.6) is 0 Å². The molecular weight excluding hydrogens is 364 g/mol. The topological polar surface area (TPSA) is 69.9 Å². The van der Waals surface area contributed by atoms with Crippen LogP contribution < -0.4 is 10.6 Å². The van der Waals surface area contributed by atoms with E-state index in [4.69, 9.17) is 5.73 Å². The molecule has 2 saturated heterocycles. The van der Waals surface area contributed by atoms with Crippen molar-refractivity contribution in [2.24, 2.45) is 5.92 Å². The zero-order chi connectivity index (χ0) is 18.1. The number of halogens is 1. The monoisotopic (exact) mass is 392 g/mol. The zero-order valence-electron chi connectivity index (χ0n) is 15.7. The number of benzene rings is 1. The Labute approximate surface area is 167 Å². The van der Waals surface area contributed by atoms with Crippen LogP contribution >= 0.6 is 12.4 Å². The Kier molecular flexibility index (Phi) is 6.15. The van der Waals surface area contributed by atoms with Gasteiger partial charge in [0.25, 0.3) is 0 Å². The van der Waals surface area contributed by atoms with Gasteiger partial charge in [0.15, 0.2) is 0 Å².